The second-order valence-electron chi connectivity index (χ2n) is 4.23. The largest absolute Gasteiger partial charge is 0.478 e. The Labute approximate surface area is 114 Å². The van der Waals surface area contributed by atoms with Crippen LogP contribution < -0.4 is 0 Å². The van der Waals surface area contributed by atoms with Crippen LogP contribution in [0.3, 0.4) is 0 Å². The molecule has 7 heteroatoms. The number of aromatic nitrogens is 2. The zero-order valence-electron chi connectivity index (χ0n) is 10.5. The Morgan fingerprint density at radius 3 is 2.85 bits per heavy atom. The van der Waals surface area contributed by atoms with Gasteiger partial charge in [0.25, 0.3) is 0 Å². The van der Waals surface area contributed by atoms with Crippen molar-refractivity contribution in [1.82, 2.24) is 10.2 Å². The first-order chi connectivity index (χ1) is 9.75. The van der Waals surface area contributed by atoms with E-state index in [1.807, 2.05) is 0 Å². The fourth-order valence-electron chi connectivity index (χ4n) is 1.96. The predicted octanol–water partition coefficient (Wildman–Crippen LogP) is 1.52. The van der Waals surface area contributed by atoms with Gasteiger partial charge in [-0.3, -0.25) is 0 Å². The summed E-state index contributed by atoms with van der Waals surface area (Å²) >= 11 is 0. The van der Waals surface area contributed by atoms with Crippen LogP contribution in [0, 0.1) is 0 Å². The minimum Gasteiger partial charge on any atom is -0.478 e. The van der Waals surface area contributed by atoms with E-state index in [2.05, 4.69) is 10.2 Å². The molecule has 2 aromatic rings. The molecule has 1 aromatic heterocycles. The monoisotopic (exact) mass is 276 g/mol. The highest BCUT2D eigenvalue weighted by atomic mass is 16.6. The van der Waals surface area contributed by atoms with Gasteiger partial charge in [-0.2, -0.15) is 0 Å². The minimum atomic E-state index is -1.04. The number of carboxylic acid groups (broad SMARTS) is 1. The summed E-state index contributed by atoms with van der Waals surface area (Å²) in [6.07, 6.45) is -0.401. The highest BCUT2D eigenvalue weighted by Gasteiger charge is 2.24. The fourth-order valence-corrected chi connectivity index (χ4v) is 1.96. The molecule has 0 amide bonds. The van der Waals surface area contributed by atoms with Gasteiger partial charge in [-0.25, -0.2) is 4.79 Å². The molecule has 2 heterocycles. The molecule has 1 aliphatic rings. The van der Waals surface area contributed by atoms with Gasteiger partial charge in [0.15, 0.2) is 6.10 Å². The highest BCUT2D eigenvalue weighted by molar-refractivity contribution is 5.94. The number of carboxylic acids is 1. The Morgan fingerprint density at radius 2 is 2.10 bits per heavy atom. The maximum absolute atomic E-state index is 11.2. The first-order valence-corrected chi connectivity index (χ1v) is 6.11. The number of hydrogen-bond acceptors (Lipinski definition) is 6. The smallest absolute Gasteiger partial charge is 0.336 e. The van der Waals surface area contributed by atoms with Crippen LogP contribution >= 0.6 is 0 Å². The molecule has 3 rings (SSSR count). The Morgan fingerprint density at radius 1 is 1.25 bits per heavy atom. The van der Waals surface area contributed by atoms with E-state index in [4.69, 9.17) is 19.0 Å². The van der Waals surface area contributed by atoms with Crippen LogP contribution in [0.1, 0.15) is 22.4 Å². The van der Waals surface area contributed by atoms with Crippen molar-refractivity contribution in [3.8, 4) is 11.5 Å². The van der Waals surface area contributed by atoms with Crippen LogP contribution in [0.5, 0.6) is 0 Å². The second-order valence-corrected chi connectivity index (χ2v) is 4.23. The third kappa shape index (κ3) is 2.40. The number of benzene rings is 1. The lowest BCUT2D eigenvalue weighted by Gasteiger charge is -2.19. The van der Waals surface area contributed by atoms with E-state index in [-0.39, 0.29) is 11.5 Å². The third-order valence-electron chi connectivity index (χ3n) is 2.92. The molecule has 1 N–H and O–H groups in total. The van der Waals surface area contributed by atoms with E-state index in [9.17, 15) is 4.79 Å². The van der Waals surface area contributed by atoms with Gasteiger partial charge in [-0.15, -0.1) is 10.2 Å². The van der Waals surface area contributed by atoms with Crippen LogP contribution in [0.15, 0.2) is 28.7 Å². The topological polar surface area (TPSA) is 94.7 Å². The van der Waals surface area contributed by atoms with Gasteiger partial charge in [0.1, 0.15) is 0 Å². The fraction of sp³-hybridized carbons (Fsp3) is 0.308. The number of rotatable bonds is 3. The molecule has 1 aliphatic heterocycles. The highest BCUT2D eigenvalue weighted by Crippen LogP contribution is 2.26. The molecule has 1 atom stereocenters. The van der Waals surface area contributed by atoms with Gasteiger partial charge in [0.2, 0.25) is 11.8 Å². The van der Waals surface area contributed by atoms with Crippen molar-refractivity contribution in [3.63, 3.8) is 0 Å². The summed E-state index contributed by atoms with van der Waals surface area (Å²) in [7, 11) is 0. The van der Waals surface area contributed by atoms with Crippen LogP contribution in [0.2, 0.25) is 0 Å². The maximum atomic E-state index is 11.2. The maximum Gasteiger partial charge on any atom is 0.336 e. The number of aromatic carboxylic acids is 1. The van der Waals surface area contributed by atoms with Gasteiger partial charge in [0.05, 0.1) is 30.9 Å². The number of nitrogens with zero attached hydrogens (tertiary/aromatic N) is 2. The standard InChI is InChI=1S/C13H12N2O5/c16-13(17)9-4-2-1-3-8(9)11-14-15-12(20-11)10-7-18-5-6-19-10/h1-4,10H,5-7H2,(H,16,17). The SMILES string of the molecule is O=C(O)c1ccccc1-c1nnc(C2COCCO2)o1. The lowest BCUT2D eigenvalue weighted by molar-refractivity contribution is -0.0995. The molecule has 1 unspecified atom stereocenters. The van der Waals surface area contributed by atoms with Gasteiger partial charge in [-0.05, 0) is 12.1 Å². The van der Waals surface area contributed by atoms with Gasteiger partial charge >= 0.3 is 5.97 Å². The molecule has 7 nitrogen and oxygen atoms in total. The molecular formula is C13H12N2O5. The van der Waals surface area contributed by atoms with E-state index in [1.54, 1.807) is 18.2 Å². The molecular weight excluding hydrogens is 264 g/mol. The predicted molar refractivity (Wildman–Crippen MR) is 66.2 cm³/mol. The number of hydrogen-bond donors (Lipinski definition) is 1. The first kappa shape index (κ1) is 12.8. The van der Waals surface area contributed by atoms with Crippen molar-refractivity contribution in [2.24, 2.45) is 0 Å². The Hall–Kier alpha value is -2.25. The molecule has 1 aromatic carbocycles. The van der Waals surface area contributed by atoms with Crippen molar-refractivity contribution < 1.29 is 23.8 Å². The summed E-state index contributed by atoms with van der Waals surface area (Å²) in [4.78, 5) is 11.2. The summed E-state index contributed by atoms with van der Waals surface area (Å²) in [6.45, 7) is 1.36. The van der Waals surface area contributed by atoms with E-state index >= 15 is 0 Å². The second kappa shape index (κ2) is 5.40. The summed E-state index contributed by atoms with van der Waals surface area (Å²) in [5.74, 6) is -0.593. The quantitative estimate of drug-likeness (QED) is 0.908. The molecule has 1 fully saturated rings. The number of ether oxygens (including phenoxy) is 2. The summed E-state index contributed by atoms with van der Waals surface area (Å²) in [6, 6.07) is 6.47. The third-order valence-corrected chi connectivity index (χ3v) is 2.92. The molecule has 0 radical (unpaired) electrons. The molecule has 0 aliphatic carbocycles. The lowest BCUT2D eigenvalue weighted by Crippen LogP contribution is -2.22. The van der Waals surface area contributed by atoms with Crippen LogP contribution in [0.4, 0.5) is 0 Å². The molecule has 0 spiro atoms. The zero-order valence-corrected chi connectivity index (χ0v) is 10.5. The van der Waals surface area contributed by atoms with Crippen LogP contribution in [-0.2, 0) is 9.47 Å². The zero-order chi connectivity index (χ0) is 13.9. The van der Waals surface area contributed by atoms with E-state index in [1.165, 1.54) is 6.07 Å². The average Bonchev–Trinajstić information content (AvgIpc) is 2.98. The van der Waals surface area contributed by atoms with Crippen molar-refractivity contribution in [2.75, 3.05) is 19.8 Å². The first-order valence-electron chi connectivity index (χ1n) is 6.11. The van der Waals surface area contributed by atoms with E-state index in [0.717, 1.165) is 0 Å². The Kier molecular flexibility index (Phi) is 3.44. The van der Waals surface area contributed by atoms with Crippen molar-refractivity contribution >= 4 is 5.97 Å². The van der Waals surface area contributed by atoms with Crippen LogP contribution in [-0.4, -0.2) is 41.1 Å². The normalized spacial score (nSPS) is 18.9. The Bertz CT molecular complexity index is 619. The molecule has 20 heavy (non-hydrogen) atoms. The van der Waals surface area contributed by atoms with Crippen LogP contribution in [0.25, 0.3) is 11.5 Å². The van der Waals surface area contributed by atoms with E-state index in [0.29, 0.717) is 31.3 Å². The molecule has 0 bridgehead atoms. The summed E-state index contributed by atoms with van der Waals surface area (Å²) in [5.41, 5.74) is 0.499. The summed E-state index contributed by atoms with van der Waals surface area (Å²) < 4.78 is 16.2. The van der Waals surface area contributed by atoms with Crippen molar-refractivity contribution in [1.29, 1.82) is 0 Å². The molecule has 0 saturated carbocycles. The van der Waals surface area contributed by atoms with Crippen molar-refractivity contribution in [3.05, 3.63) is 35.7 Å². The number of carbonyl (C=O) groups is 1. The summed E-state index contributed by atoms with van der Waals surface area (Å²) in [5, 5.41) is 16.9. The van der Waals surface area contributed by atoms with Crippen molar-refractivity contribution in [2.45, 2.75) is 6.10 Å². The lowest BCUT2D eigenvalue weighted by atomic mass is 10.1. The Balaban J connectivity index is 1.92. The van der Waals surface area contributed by atoms with Gasteiger partial charge in [-0.1, -0.05) is 12.1 Å². The van der Waals surface area contributed by atoms with Gasteiger partial charge < -0.3 is 19.0 Å². The van der Waals surface area contributed by atoms with E-state index < -0.39 is 12.1 Å². The minimum absolute atomic E-state index is 0.114. The molecule has 104 valence electrons. The molecule has 1 saturated heterocycles. The average molecular weight is 276 g/mol. The van der Waals surface area contributed by atoms with Gasteiger partial charge in [0, 0.05) is 0 Å².